The monoisotopic (exact) mass is 409 g/mol. The van der Waals surface area contributed by atoms with Gasteiger partial charge in [-0.1, -0.05) is 29.3 Å². The molecule has 0 heterocycles. The highest BCUT2D eigenvalue weighted by Gasteiger charge is 2.12. The Morgan fingerprint density at radius 1 is 1.14 bits per heavy atom. The number of amides is 1. The molecule has 1 amide bonds. The van der Waals surface area contributed by atoms with Crippen molar-refractivity contribution in [2.45, 2.75) is 56.6 Å². The van der Waals surface area contributed by atoms with E-state index in [0.29, 0.717) is 18.7 Å². The van der Waals surface area contributed by atoms with Crippen molar-refractivity contribution in [2.24, 2.45) is 0 Å². The molecule has 0 atom stereocenters. The van der Waals surface area contributed by atoms with Crippen LogP contribution in [0.15, 0.2) is 59.0 Å². The van der Waals surface area contributed by atoms with Gasteiger partial charge in [0, 0.05) is 28.3 Å². The molecule has 2 aromatic carbocycles. The van der Waals surface area contributed by atoms with E-state index >= 15 is 0 Å². The van der Waals surface area contributed by atoms with Crippen molar-refractivity contribution in [3.8, 4) is 5.75 Å². The van der Waals surface area contributed by atoms with Crippen LogP contribution in [0.3, 0.4) is 0 Å². The van der Waals surface area contributed by atoms with Gasteiger partial charge in [-0.15, -0.1) is 11.8 Å². The van der Waals surface area contributed by atoms with E-state index in [9.17, 15) is 4.79 Å². The maximum absolute atomic E-state index is 12.6. The minimum Gasteiger partial charge on any atom is -0.494 e. The average molecular weight is 410 g/mol. The van der Waals surface area contributed by atoms with Crippen LogP contribution in [-0.4, -0.2) is 19.1 Å². The fourth-order valence-electron chi connectivity index (χ4n) is 3.50. The predicted octanol–water partition coefficient (Wildman–Crippen LogP) is 6.31. The van der Waals surface area contributed by atoms with Gasteiger partial charge in [0.15, 0.2) is 0 Å². The van der Waals surface area contributed by atoms with Crippen molar-refractivity contribution in [1.29, 1.82) is 0 Å². The van der Waals surface area contributed by atoms with Gasteiger partial charge in [-0.05, 0) is 76.3 Å². The quantitative estimate of drug-likeness (QED) is 0.390. The smallest absolute Gasteiger partial charge is 0.251 e. The number of aryl methyl sites for hydroxylation is 1. The van der Waals surface area contributed by atoms with Crippen LogP contribution in [0.5, 0.6) is 5.75 Å². The van der Waals surface area contributed by atoms with E-state index in [1.165, 1.54) is 41.7 Å². The molecule has 0 aromatic heterocycles. The van der Waals surface area contributed by atoms with Crippen molar-refractivity contribution in [3.05, 3.63) is 70.8 Å². The third-order valence-corrected chi connectivity index (χ3v) is 6.22. The summed E-state index contributed by atoms with van der Waals surface area (Å²) in [4.78, 5) is 13.9. The molecule has 3 nitrogen and oxygen atoms in total. The molecule has 0 saturated heterocycles. The largest absolute Gasteiger partial charge is 0.494 e. The van der Waals surface area contributed by atoms with Crippen molar-refractivity contribution in [2.75, 3.05) is 13.2 Å². The summed E-state index contributed by atoms with van der Waals surface area (Å²) < 4.78 is 5.79. The van der Waals surface area contributed by atoms with Gasteiger partial charge >= 0.3 is 0 Å². The third-order valence-electron chi connectivity index (χ3n) is 5.15. The summed E-state index contributed by atoms with van der Waals surface area (Å²) in [6.07, 6.45) is 8.24. The molecule has 3 rings (SSSR count). The SMILES string of the molecule is CCOc1ccc(C(=O)NCCC2=CCCCC2)cc1CSc1ccc(C)cc1. The molecule has 154 valence electrons. The molecule has 0 saturated carbocycles. The second kappa shape index (κ2) is 11.1. The van der Waals surface area contributed by atoms with Gasteiger partial charge in [-0.3, -0.25) is 4.79 Å². The van der Waals surface area contributed by atoms with Crippen LogP contribution in [0.25, 0.3) is 0 Å². The average Bonchev–Trinajstić information content (AvgIpc) is 2.75. The van der Waals surface area contributed by atoms with E-state index in [4.69, 9.17) is 4.74 Å². The van der Waals surface area contributed by atoms with Gasteiger partial charge < -0.3 is 10.1 Å². The molecule has 0 aliphatic heterocycles. The van der Waals surface area contributed by atoms with Crippen LogP contribution in [0.2, 0.25) is 0 Å². The van der Waals surface area contributed by atoms with Gasteiger partial charge in [0.05, 0.1) is 6.61 Å². The van der Waals surface area contributed by atoms with E-state index < -0.39 is 0 Å². The van der Waals surface area contributed by atoms with Gasteiger partial charge in [-0.25, -0.2) is 0 Å². The summed E-state index contributed by atoms with van der Waals surface area (Å²) in [5, 5.41) is 3.08. The van der Waals surface area contributed by atoms with E-state index in [2.05, 4.69) is 42.6 Å². The Morgan fingerprint density at radius 3 is 2.69 bits per heavy atom. The van der Waals surface area contributed by atoms with E-state index in [1.54, 1.807) is 11.8 Å². The Hall–Kier alpha value is -2.20. The van der Waals surface area contributed by atoms with Gasteiger partial charge in [0.25, 0.3) is 5.91 Å². The van der Waals surface area contributed by atoms with Crippen molar-refractivity contribution in [3.63, 3.8) is 0 Å². The summed E-state index contributed by atoms with van der Waals surface area (Å²) in [6.45, 7) is 5.39. The fourth-order valence-corrected chi connectivity index (χ4v) is 4.37. The Bertz CT molecular complexity index is 842. The standard InChI is InChI=1S/C25H31NO2S/c1-3-28-24-14-11-21(25(27)26-16-15-20-7-5-4-6-8-20)17-22(24)18-29-23-12-9-19(2)10-13-23/h7,9-14,17H,3-6,8,15-16,18H2,1-2H3,(H,26,27). The minimum atomic E-state index is -0.00829. The first-order valence-corrected chi connectivity index (χ1v) is 11.6. The van der Waals surface area contributed by atoms with Crippen molar-refractivity contribution < 1.29 is 9.53 Å². The maximum Gasteiger partial charge on any atom is 0.251 e. The number of hydrogen-bond acceptors (Lipinski definition) is 3. The number of nitrogens with one attached hydrogen (secondary N) is 1. The second-order valence-corrected chi connectivity index (χ2v) is 8.52. The lowest BCUT2D eigenvalue weighted by atomic mass is 9.97. The van der Waals surface area contributed by atoms with Crippen LogP contribution < -0.4 is 10.1 Å². The Balaban J connectivity index is 1.62. The van der Waals surface area contributed by atoms with E-state index in [1.807, 2.05) is 25.1 Å². The normalized spacial score (nSPS) is 13.7. The van der Waals surface area contributed by atoms with Gasteiger partial charge in [0.2, 0.25) is 0 Å². The zero-order chi connectivity index (χ0) is 20.5. The zero-order valence-electron chi connectivity index (χ0n) is 17.5. The molecular formula is C25H31NO2S. The highest BCUT2D eigenvalue weighted by molar-refractivity contribution is 7.98. The molecule has 29 heavy (non-hydrogen) atoms. The summed E-state index contributed by atoms with van der Waals surface area (Å²) in [6, 6.07) is 14.3. The lowest BCUT2D eigenvalue weighted by Gasteiger charge is -2.14. The van der Waals surface area contributed by atoms with Crippen LogP contribution >= 0.6 is 11.8 Å². The third kappa shape index (κ3) is 6.67. The molecule has 4 heteroatoms. The molecule has 0 unspecified atom stereocenters. The summed E-state index contributed by atoms with van der Waals surface area (Å²) in [5.74, 6) is 1.62. The highest BCUT2D eigenvalue weighted by atomic mass is 32.2. The molecule has 0 spiro atoms. The summed E-state index contributed by atoms with van der Waals surface area (Å²) in [5.41, 5.74) is 4.50. The number of ether oxygens (including phenoxy) is 1. The lowest BCUT2D eigenvalue weighted by Crippen LogP contribution is -2.25. The molecule has 1 aliphatic carbocycles. The first-order valence-electron chi connectivity index (χ1n) is 10.6. The number of hydrogen-bond donors (Lipinski definition) is 1. The van der Waals surface area contributed by atoms with Crippen LogP contribution in [-0.2, 0) is 5.75 Å². The molecule has 0 fully saturated rings. The van der Waals surface area contributed by atoms with Crippen molar-refractivity contribution in [1.82, 2.24) is 5.32 Å². The van der Waals surface area contributed by atoms with Gasteiger partial charge in [0.1, 0.15) is 5.75 Å². The highest BCUT2D eigenvalue weighted by Crippen LogP contribution is 2.29. The lowest BCUT2D eigenvalue weighted by molar-refractivity contribution is 0.0954. The molecule has 0 bridgehead atoms. The Kier molecular flexibility index (Phi) is 8.24. The van der Waals surface area contributed by atoms with Crippen LogP contribution in [0.1, 0.15) is 60.5 Å². The number of carbonyl (C=O) groups excluding carboxylic acids is 1. The van der Waals surface area contributed by atoms with Crippen molar-refractivity contribution >= 4 is 17.7 Å². The molecule has 0 radical (unpaired) electrons. The Morgan fingerprint density at radius 2 is 1.97 bits per heavy atom. The van der Waals surface area contributed by atoms with Crippen LogP contribution in [0.4, 0.5) is 0 Å². The summed E-state index contributed by atoms with van der Waals surface area (Å²) >= 11 is 1.76. The number of carbonyl (C=O) groups is 1. The van der Waals surface area contributed by atoms with Gasteiger partial charge in [-0.2, -0.15) is 0 Å². The zero-order valence-corrected chi connectivity index (χ0v) is 18.3. The molecular weight excluding hydrogens is 378 g/mol. The minimum absolute atomic E-state index is 0.00829. The molecule has 1 aliphatic rings. The first kappa shape index (κ1) is 21.5. The molecule has 2 aromatic rings. The molecule has 1 N–H and O–H groups in total. The number of allylic oxidation sites excluding steroid dienone is 1. The number of benzene rings is 2. The summed E-state index contributed by atoms with van der Waals surface area (Å²) in [7, 11) is 0. The second-order valence-electron chi connectivity index (χ2n) is 7.47. The van der Waals surface area contributed by atoms with Crippen LogP contribution in [0, 0.1) is 6.92 Å². The Labute approximate surface area is 178 Å². The van der Waals surface area contributed by atoms with E-state index in [0.717, 1.165) is 23.5 Å². The predicted molar refractivity (Wildman–Crippen MR) is 122 cm³/mol. The fraction of sp³-hybridized carbons (Fsp3) is 0.400. The topological polar surface area (TPSA) is 38.3 Å². The number of thioether (sulfide) groups is 1. The maximum atomic E-state index is 12.6. The number of rotatable bonds is 9. The first-order chi connectivity index (χ1) is 14.2. The van der Waals surface area contributed by atoms with E-state index in [-0.39, 0.29) is 5.91 Å².